The molecule has 0 spiro atoms. The smallest absolute Gasteiger partial charge is 0.341 e. The highest BCUT2D eigenvalue weighted by Gasteiger charge is 2.34. The van der Waals surface area contributed by atoms with Crippen LogP contribution in [0, 0.1) is 5.92 Å². The van der Waals surface area contributed by atoms with Crippen molar-refractivity contribution in [1.29, 1.82) is 0 Å². The molecule has 5 nitrogen and oxygen atoms in total. The van der Waals surface area contributed by atoms with Crippen LogP contribution in [-0.2, 0) is 23.8 Å². The van der Waals surface area contributed by atoms with Crippen LogP contribution in [0.25, 0.3) is 0 Å². The maximum Gasteiger partial charge on any atom is 0.341 e. The standard InChI is InChI=1S/C15H20O5/c1-18-14(16)11-8-12(15(17)19-2)13(20-9-11)10-6-4-3-5-7-10/h8-10,13H,3-7H2,1-2H3. The molecule has 1 saturated carbocycles. The molecule has 0 saturated heterocycles. The molecule has 0 bridgehead atoms. The Balaban J connectivity index is 2.22. The van der Waals surface area contributed by atoms with Crippen molar-refractivity contribution in [3.8, 4) is 0 Å². The van der Waals surface area contributed by atoms with Crippen molar-refractivity contribution in [3.63, 3.8) is 0 Å². The van der Waals surface area contributed by atoms with Gasteiger partial charge >= 0.3 is 11.9 Å². The average Bonchev–Trinajstić information content (AvgIpc) is 2.53. The lowest BCUT2D eigenvalue weighted by atomic mass is 9.81. The Hall–Kier alpha value is -1.78. The quantitative estimate of drug-likeness (QED) is 0.741. The maximum absolute atomic E-state index is 11.9. The van der Waals surface area contributed by atoms with Gasteiger partial charge in [-0.2, -0.15) is 0 Å². The molecule has 2 rings (SSSR count). The topological polar surface area (TPSA) is 61.8 Å². The van der Waals surface area contributed by atoms with E-state index in [4.69, 9.17) is 9.47 Å². The molecule has 5 heteroatoms. The van der Waals surface area contributed by atoms with Crippen LogP contribution in [0.3, 0.4) is 0 Å². The van der Waals surface area contributed by atoms with Crippen LogP contribution in [-0.4, -0.2) is 32.3 Å². The number of carbonyl (C=O) groups is 2. The van der Waals surface area contributed by atoms with Crippen molar-refractivity contribution in [2.24, 2.45) is 5.92 Å². The van der Waals surface area contributed by atoms with Gasteiger partial charge in [-0.25, -0.2) is 9.59 Å². The predicted octanol–water partition coefficient (Wildman–Crippen LogP) is 2.12. The van der Waals surface area contributed by atoms with Gasteiger partial charge in [0, 0.05) is 5.92 Å². The zero-order chi connectivity index (χ0) is 14.5. The lowest BCUT2D eigenvalue weighted by Crippen LogP contribution is -2.33. The van der Waals surface area contributed by atoms with E-state index in [1.807, 2.05) is 0 Å². The highest BCUT2D eigenvalue weighted by Crippen LogP contribution is 2.34. The molecule has 1 unspecified atom stereocenters. The first-order chi connectivity index (χ1) is 9.67. The molecule has 0 aromatic heterocycles. The highest BCUT2D eigenvalue weighted by molar-refractivity contribution is 5.97. The second kappa shape index (κ2) is 6.59. The van der Waals surface area contributed by atoms with Crippen LogP contribution in [0.4, 0.5) is 0 Å². The SMILES string of the molecule is COC(=O)C1=COC(C2CCCCC2)C(C(=O)OC)=C1. The number of methoxy groups -OCH3 is 2. The summed E-state index contributed by atoms with van der Waals surface area (Å²) in [5, 5.41) is 0. The molecule has 1 aliphatic heterocycles. The van der Waals surface area contributed by atoms with Crippen molar-refractivity contribution in [2.45, 2.75) is 38.2 Å². The molecule has 2 aliphatic rings. The Morgan fingerprint density at radius 3 is 2.35 bits per heavy atom. The number of hydrogen-bond acceptors (Lipinski definition) is 5. The van der Waals surface area contributed by atoms with E-state index in [1.54, 1.807) is 0 Å². The summed E-state index contributed by atoms with van der Waals surface area (Å²) < 4.78 is 15.1. The summed E-state index contributed by atoms with van der Waals surface area (Å²) in [4.78, 5) is 23.5. The molecule has 1 atom stereocenters. The zero-order valence-electron chi connectivity index (χ0n) is 11.9. The predicted molar refractivity (Wildman–Crippen MR) is 71.6 cm³/mol. The van der Waals surface area contributed by atoms with Crippen LogP contribution >= 0.6 is 0 Å². The molecule has 0 aromatic rings. The minimum atomic E-state index is -0.520. The third kappa shape index (κ3) is 3.03. The van der Waals surface area contributed by atoms with Gasteiger partial charge < -0.3 is 14.2 Å². The van der Waals surface area contributed by atoms with Gasteiger partial charge in [-0.3, -0.25) is 0 Å². The molecule has 1 fully saturated rings. The minimum Gasteiger partial charge on any atom is -0.492 e. The number of ether oxygens (including phenoxy) is 3. The highest BCUT2D eigenvalue weighted by atomic mass is 16.5. The van der Waals surface area contributed by atoms with Crippen LogP contribution in [0.15, 0.2) is 23.5 Å². The summed E-state index contributed by atoms with van der Waals surface area (Å²) in [7, 11) is 2.62. The second-order valence-electron chi connectivity index (χ2n) is 5.11. The Kier molecular flexibility index (Phi) is 4.82. The molecule has 20 heavy (non-hydrogen) atoms. The Morgan fingerprint density at radius 1 is 1.10 bits per heavy atom. The van der Waals surface area contributed by atoms with Crippen LogP contribution in [0.1, 0.15) is 32.1 Å². The third-order valence-corrected chi connectivity index (χ3v) is 3.88. The fourth-order valence-corrected chi connectivity index (χ4v) is 2.82. The van der Waals surface area contributed by atoms with Crippen molar-refractivity contribution in [2.75, 3.05) is 14.2 Å². The van der Waals surface area contributed by atoms with Crippen molar-refractivity contribution < 1.29 is 23.8 Å². The van der Waals surface area contributed by atoms with E-state index in [0.29, 0.717) is 11.5 Å². The second-order valence-corrected chi connectivity index (χ2v) is 5.11. The lowest BCUT2D eigenvalue weighted by molar-refractivity contribution is -0.138. The van der Waals surface area contributed by atoms with E-state index in [-0.39, 0.29) is 11.7 Å². The summed E-state index contributed by atoms with van der Waals surface area (Å²) in [6.45, 7) is 0. The molecular formula is C15H20O5. The minimum absolute atomic E-state index is 0.236. The van der Waals surface area contributed by atoms with Gasteiger partial charge in [0.2, 0.25) is 0 Å². The van der Waals surface area contributed by atoms with Crippen molar-refractivity contribution >= 4 is 11.9 Å². The molecule has 1 heterocycles. The Morgan fingerprint density at radius 2 is 1.75 bits per heavy atom. The molecular weight excluding hydrogens is 260 g/mol. The lowest BCUT2D eigenvalue weighted by Gasteiger charge is -2.32. The number of esters is 2. The maximum atomic E-state index is 11.9. The van der Waals surface area contributed by atoms with E-state index in [9.17, 15) is 9.59 Å². The first-order valence-corrected chi connectivity index (χ1v) is 6.91. The largest absolute Gasteiger partial charge is 0.492 e. The number of rotatable bonds is 3. The van der Waals surface area contributed by atoms with Crippen LogP contribution in [0.5, 0.6) is 0 Å². The van der Waals surface area contributed by atoms with Gasteiger partial charge in [0.25, 0.3) is 0 Å². The Bertz CT molecular complexity index is 443. The fraction of sp³-hybridized carbons (Fsp3) is 0.600. The van der Waals surface area contributed by atoms with Gasteiger partial charge in [-0.05, 0) is 18.9 Å². The monoisotopic (exact) mass is 280 g/mol. The van der Waals surface area contributed by atoms with E-state index >= 15 is 0 Å². The molecule has 0 radical (unpaired) electrons. The number of carbonyl (C=O) groups excluding carboxylic acids is 2. The van der Waals surface area contributed by atoms with Gasteiger partial charge in [-0.1, -0.05) is 19.3 Å². The van der Waals surface area contributed by atoms with Crippen LogP contribution in [0.2, 0.25) is 0 Å². The van der Waals surface area contributed by atoms with E-state index in [1.165, 1.54) is 33.0 Å². The fourth-order valence-electron chi connectivity index (χ4n) is 2.82. The van der Waals surface area contributed by atoms with Gasteiger partial charge in [0.05, 0.1) is 31.6 Å². The normalized spacial score (nSPS) is 23.2. The van der Waals surface area contributed by atoms with E-state index < -0.39 is 11.9 Å². The van der Waals surface area contributed by atoms with Crippen LogP contribution < -0.4 is 0 Å². The number of hydrogen-bond donors (Lipinski definition) is 0. The van der Waals surface area contributed by atoms with E-state index in [0.717, 1.165) is 25.7 Å². The summed E-state index contributed by atoms with van der Waals surface area (Å²) in [5.41, 5.74) is 0.641. The summed E-state index contributed by atoms with van der Waals surface area (Å²) in [5.74, 6) is -0.673. The summed E-state index contributed by atoms with van der Waals surface area (Å²) in [6.07, 6.45) is 8.16. The zero-order valence-corrected chi connectivity index (χ0v) is 11.9. The third-order valence-electron chi connectivity index (χ3n) is 3.88. The van der Waals surface area contributed by atoms with Crippen molar-refractivity contribution in [3.05, 3.63) is 23.5 Å². The van der Waals surface area contributed by atoms with Crippen molar-refractivity contribution in [1.82, 2.24) is 0 Å². The van der Waals surface area contributed by atoms with Gasteiger partial charge in [-0.15, -0.1) is 0 Å². The molecule has 1 aliphatic carbocycles. The van der Waals surface area contributed by atoms with E-state index in [2.05, 4.69) is 4.74 Å². The average molecular weight is 280 g/mol. The first-order valence-electron chi connectivity index (χ1n) is 6.91. The Labute approximate surface area is 118 Å². The summed E-state index contributed by atoms with van der Waals surface area (Å²) in [6, 6.07) is 0. The first kappa shape index (κ1) is 14.6. The summed E-state index contributed by atoms with van der Waals surface area (Å²) >= 11 is 0. The molecule has 0 amide bonds. The molecule has 110 valence electrons. The van der Waals surface area contributed by atoms with Gasteiger partial charge in [0.1, 0.15) is 6.10 Å². The molecule has 0 aromatic carbocycles. The van der Waals surface area contributed by atoms with Gasteiger partial charge in [0.15, 0.2) is 0 Å². The molecule has 0 N–H and O–H groups in total.